The van der Waals surface area contributed by atoms with Gasteiger partial charge in [-0.2, -0.15) is 0 Å². The molecule has 0 spiro atoms. The van der Waals surface area contributed by atoms with Crippen molar-refractivity contribution in [2.45, 2.75) is 20.3 Å². The zero-order chi connectivity index (χ0) is 11.2. The average Bonchev–Trinajstić information content (AvgIpc) is 2.11. The van der Waals surface area contributed by atoms with Crippen LogP contribution in [0.5, 0.6) is 0 Å². The monoisotopic (exact) mass is 223 g/mol. The summed E-state index contributed by atoms with van der Waals surface area (Å²) >= 11 is 0. The van der Waals surface area contributed by atoms with Crippen molar-refractivity contribution < 1.29 is 19.4 Å². The second-order valence-electron chi connectivity index (χ2n) is 3.16. The Balaban J connectivity index is 4.05. The third kappa shape index (κ3) is 6.13. The molecule has 0 aromatic rings. The predicted molar refractivity (Wildman–Crippen MR) is 54.7 cm³/mol. The highest BCUT2D eigenvalue weighted by Crippen LogP contribution is 2.41. The van der Waals surface area contributed by atoms with Crippen molar-refractivity contribution in [3.63, 3.8) is 0 Å². The maximum absolute atomic E-state index is 11.5. The molecule has 1 unspecified atom stereocenters. The molecule has 0 aliphatic carbocycles. The largest absolute Gasteiger partial charge is 0.481 e. The lowest BCUT2D eigenvalue weighted by Crippen LogP contribution is -2.24. The van der Waals surface area contributed by atoms with Gasteiger partial charge in [-0.3, -0.25) is 14.3 Å². The molecule has 5 nitrogen and oxygen atoms in total. The van der Waals surface area contributed by atoms with E-state index in [0.717, 1.165) is 0 Å². The van der Waals surface area contributed by atoms with Gasteiger partial charge in [-0.15, -0.1) is 0 Å². The van der Waals surface area contributed by atoms with Gasteiger partial charge in [0.2, 0.25) is 7.37 Å². The van der Waals surface area contributed by atoms with Crippen LogP contribution in [-0.4, -0.2) is 46.4 Å². The van der Waals surface area contributed by atoms with Crippen molar-refractivity contribution >= 4 is 13.3 Å². The Morgan fingerprint density at radius 1 is 1.36 bits per heavy atom. The van der Waals surface area contributed by atoms with E-state index < -0.39 is 13.3 Å². The molecule has 0 saturated heterocycles. The topological polar surface area (TPSA) is 77.8 Å². The minimum atomic E-state index is -3.29. The van der Waals surface area contributed by atoms with E-state index in [1.54, 1.807) is 0 Å². The first-order valence-corrected chi connectivity index (χ1v) is 6.69. The third-order valence-corrected chi connectivity index (χ3v) is 3.75. The summed E-state index contributed by atoms with van der Waals surface area (Å²) in [5, 5.41) is 8.38. The number of aliphatic carboxylic acids is 1. The van der Waals surface area contributed by atoms with E-state index in [1.165, 1.54) is 0 Å². The summed E-state index contributed by atoms with van der Waals surface area (Å²) < 4.78 is 11.5. The number of rotatable bonds is 7. The van der Waals surface area contributed by atoms with Crippen molar-refractivity contribution in [3.8, 4) is 0 Å². The highest BCUT2D eigenvalue weighted by Gasteiger charge is 2.21. The molecule has 0 fully saturated rings. The third-order valence-electron chi connectivity index (χ3n) is 1.99. The minimum Gasteiger partial charge on any atom is -0.481 e. The first-order valence-electron chi connectivity index (χ1n) is 4.66. The molecular weight excluding hydrogens is 205 g/mol. The Kier molecular flexibility index (Phi) is 6.00. The first-order chi connectivity index (χ1) is 6.41. The lowest BCUT2D eigenvalue weighted by molar-refractivity contribution is -0.136. The molecule has 0 radical (unpaired) electrons. The standard InChI is InChI=1S/C8H18NO4P/c1-3-9(4-2)7-14(12,13)6-5-8(10)11/h3-7H2,1-2H3,(H,10,11)(H,12,13). The maximum atomic E-state index is 11.5. The van der Waals surface area contributed by atoms with Gasteiger partial charge in [0, 0.05) is 6.16 Å². The zero-order valence-corrected chi connectivity index (χ0v) is 9.54. The van der Waals surface area contributed by atoms with Crippen LogP contribution < -0.4 is 0 Å². The fourth-order valence-corrected chi connectivity index (χ4v) is 2.78. The van der Waals surface area contributed by atoms with Crippen molar-refractivity contribution in [1.82, 2.24) is 4.90 Å². The lowest BCUT2D eigenvalue weighted by Gasteiger charge is -2.21. The molecule has 6 heteroatoms. The van der Waals surface area contributed by atoms with Gasteiger partial charge in [-0.05, 0) is 13.1 Å². The summed E-state index contributed by atoms with van der Waals surface area (Å²) in [5.41, 5.74) is 0. The van der Waals surface area contributed by atoms with Crippen molar-refractivity contribution in [1.29, 1.82) is 0 Å². The van der Waals surface area contributed by atoms with Gasteiger partial charge in [0.05, 0.1) is 12.7 Å². The van der Waals surface area contributed by atoms with Crippen LogP contribution in [0.1, 0.15) is 20.3 Å². The van der Waals surface area contributed by atoms with Crippen LogP contribution in [0.25, 0.3) is 0 Å². The van der Waals surface area contributed by atoms with Gasteiger partial charge >= 0.3 is 5.97 Å². The SMILES string of the molecule is CCN(CC)CP(=O)(O)CCC(=O)O. The molecule has 0 rings (SSSR count). The van der Waals surface area contributed by atoms with Gasteiger partial charge < -0.3 is 10.00 Å². The summed E-state index contributed by atoms with van der Waals surface area (Å²) in [6.45, 7) is 5.21. The fraction of sp³-hybridized carbons (Fsp3) is 0.875. The second kappa shape index (κ2) is 6.17. The summed E-state index contributed by atoms with van der Waals surface area (Å²) in [6.07, 6.45) is -0.291. The van der Waals surface area contributed by atoms with Crippen LogP contribution in [0, 0.1) is 0 Å². The molecule has 0 aliphatic rings. The summed E-state index contributed by atoms with van der Waals surface area (Å²) in [5.74, 6) is -1.03. The van der Waals surface area contributed by atoms with Crippen LogP contribution in [-0.2, 0) is 9.36 Å². The Labute approximate surface area is 84.2 Å². The smallest absolute Gasteiger partial charge is 0.303 e. The Bertz CT molecular complexity index is 227. The molecule has 0 aromatic carbocycles. The van der Waals surface area contributed by atoms with Crippen molar-refractivity contribution in [2.24, 2.45) is 0 Å². The number of nitrogens with zero attached hydrogens (tertiary/aromatic N) is 1. The van der Waals surface area contributed by atoms with E-state index in [1.807, 2.05) is 18.7 Å². The maximum Gasteiger partial charge on any atom is 0.303 e. The molecule has 0 aliphatic heterocycles. The van der Waals surface area contributed by atoms with E-state index >= 15 is 0 Å². The average molecular weight is 223 g/mol. The molecule has 0 heterocycles. The van der Waals surface area contributed by atoms with Gasteiger partial charge in [0.1, 0.15) is 0 Å². The van der Waals surface area contributed by atoms with Gasteiger partial charge in [0.25, 0.3) is 0 Å². The molecule has 1 atom stereocenters. The minimum absolute atomic E-state index is 0.0906. The van der Waals surface area contributed by atoms with E-state index in [2.05, 4.69) is 0 Å². The number of carboxylic acid groups (broad SMARTS) is 1. The van der Waals surface area contributed by atoms with E-state index in [9.17, 15) is 14.3 Å². The molecule has 0 saturated carbocycles. The van der Waals surface area contributed by atoms with Crippen molar-refractivity contribution in [2.75, 3.05) is 25.5 Å². The van der Waals surface area contributed by atoms with Crippen molar-refractivity contribution in [3.05, 3.63) is 0 Å². The summed E-state index contributed by atoms with van der Waals surface area (Å²) in [7, 11) is -3.29. The molecule has 84 valence electrons. The molecule has 14 heavy (non-hydrogen) atoms. The number of carbonyl (C=O) groups is 1. The van der Waals surface area contributed by atoms with E-state index in [4.69, 9.17) is 5.11 Å². The number of hydrogen-bond acceptors (Lipinski definition) is 3. The highest BCUT2D eigenvalue weighted by atomic mass is 31.2. The van der Waals surface area contributed by atoms with Crippen LogP contribution in [0.3, 0.4) is 0 Å². The van der Waals surface area contributed by atoms with E-state index in [-0.39, 0.29) is 18.9 Å². The molecule has 0 amide bonds. The van der Waals surface area contributed by atoms with Crippen LogP contribution >= 0.6 is 7.37 Å². The van der Waals surface area contributed by atoms with Gasteiger partial charge in [0.15, 0.2) is 0 Å². The Hall–Kier alpha value is -0.380. The molecule has 0 bridgehead atoms. The lowest BCUT2D eigenvalue weighted by atomic mass is 10.5. The van der Waals surface area contributed by atoms with Gasteiger partial charge in [-0.1, -0.05) is 13.8 Å². The quantitative estimate of drug-likeness (QED) is 0.630. The fourth-order valence-electron chi connectivity index (χ4n) is 1.08. The summed E-state index contributed by atoms with van der Waals surface area (Å²) in [4.78, 5) is 21.5. The Morgan fingerprint density at radius 2 is 1.86 bits per heavy atom. The first kappa shape index (κ1) is 13.6. The summed E-state index contributed by atoms with van der Waals surface area (Å²) in [6, 6.07) is 0. The normalized spacial score (nSPS) is 15.4. The van der Waals surface area contributed by atoms with Crippen LogP contribution in [0.2, 0.25) is 0 Å². The number of hydrogen-bond donors (Lipinski definition) is 2. The molecule has 2 N–H and O–H groups in total. The Morgan fingerprint density at radius 3 is 2.21 bits per heavy atom. The van der Waals surface area contributed by atoms with E-state index in [0.29, 0.717) is 13.1 Å². The predicted octanol–water partition coefficient (Wildman–Crippen LogP) is 1.03. The number of carboxylic acids is 1. The highest BCUT2D eigenvalue weighted by molar-refractivity contribution is 7.57. The molecular formula is C8H18NO4P. The van der Waals surface area contributed by atoms with Crippen LogP contribution in [0.4, 0.5) is 0 Å². The second-order valence-corrected chi connectivity index (χ2v) is 5.58. The van der Waals surface area contributed by atoms with Crippen LogP contribution in [0.15, 0.2) is 0 Å². The zero-order valence-electron chi connectivity index (χ0n) is 8.64. The van der Waals surface area contributed by atoms with Gasteiger partial charge in [-0.25, -0.2) is 0 Å². The molecule has 0 aromatic heterocycles.